The summed E-state index contributed by atoms with van der Waals surface area (Å²) in [5.74, 6) is 1.06. The minimum Gasteiger partial charge on any atom is -0.504 e. The lowest BCUT2D eigenvalue weighted by atomic mass is 9.87. The SMILES string of the molecule is CCCCCCN(NCCSc1ccncc1)C1CCc2c(ccc(O)c2O)C1. The molecule has 158 valence electrons. The Hall–Kier alpha value is -1.76. The molecule has 0 fully saturated rings. The van der Waals surface area contributed by atoms with Crippen molar-refractivity contribution in [3.05, 3.63) is 47.8 Å². The van der Waals surface area contributed by atoms with E-state index in [-0.39, 0.29) is 11.5 Å². The van der Waals surface area contributed by atoms with Gasteiger partial charge in [-0.05, 0) is 49.4 Å². The van der Waals surface area contributed by atoms with E-state index in [4.69, 9.17) is 0 Å². The van der Waals surface area contributed by atoms with Gasteiger partial charge in [0.2, 0.25) is 0 Å². The number of thioether (sulfide) groups is 1. The average Bonchev–Trinajstić information content (AvgIpc) is 2.76. The Morgan fingerprint density at radius 1 is 1.14 bits per heavy atom. The third-order valence-electron chi connectivity index (χ3n) is 5.57. The van der Waals surface area contributed by atoms with Gasteiger partial charge in [0.25, 0.3) is 0 Å². The Morgan fingerprint density at radius 3 is 2.76 bits per heavy atom. The van der Waals surface area contributed by atoms with Crippen molar-refractivity contribution in [3.63, 3.8) is 0 Å². The summed E-state index contributed by atoms with van der Waals surface area (Å²) in [5.41, 5.74) is 5.75. The summed E-state index contributed by atoms with van der Waals surface area (Å²) in [4.78, 5) is 5.32. The van der Waals surface area contributed by atoms with Gasteiger partial charge in [-0.2, -0.15) is 0 Å². The number of benzene rings is 1. The van der Waals surface area contributed by atoms with Gasteiger partial charge in [-0.15, -0.1) is 11.8 Å². The van der Waals surface area contributed by atoms with Crippen molar-refractivity contribution < 1.29 is 10.2 Å². The maximum Gasteiger partial charge on any atom is 0.160 e. The Morgan fingerprint density at radius 2 is 1.97 bits per heavy atom. The summed E-state index contributed by atoms with van der Waals surface area (Å²) in [7, 11) is 0. The van der Waals surface area contributed by atoms with Crippen molar-refractivity contribution in [3.8, 4) is 11.5 Å². The monoisotopic (exact) mass is 415 g/mol. The highest BCUT2D eigenvalue weighted by atomic mass is 32.2. The van der Waals surface area contributed by atoms with Crippen molar-refractivity contribution in [1.82, 2.24) is 15.4 Å². The van der Waals surface area contributed by atoms with Crippen LogP contribution in [0.4, 0.5) is 0 Å². The van der Waals surface area contributed by atoms with E-state index in [1.165, 1.54) is 30.6 Å². The molecule has 29 heavy (non-hydrogen) atoms. The van der Waals surface area contributed by atoms with Gasteiger partial charge in [0.15, 0.2) is 11.5 Å². The fraction of sp³-hybridized carbons (Fsp3) is 0.522. The molecule has 1 aromatic carbocycles. The number of nitrogens with zero attached hydrogens (tertiary/aromatic N) is 2. The second-order valence-corrected chi connectivity index (χ2v) is 8.83. The van der Waals surface area contributed by atoms with Crippen molar-refractivity contribution in [1.29, 1.82) is 0 Å². The molecule has 1 aromatic heterocycles. The Bertz CT molecular complexity index is 757. The average molecular weight is 416 g/mol. The molecule has 1 unspecified atom stereocenters. The molecule has 0 amide bonds. The smallest absolute Gasteiger partial charge is 0.160 e. The van der Waals surface area contributed by atoms with Gasteiger partial charge in [0, 0.05) is 47.7 Å². The molecule has 1 atom stereocenters. The van der Waals surface area contributed by atoms with Crippen molar-refractivity contribution in [2.45, 2.75) is 62.8 Å². The predicted molar refractivity (Wildman–Crippen MR) is 119 cm³/mol. The Balaban J connectivity index is 1.56. The summed E-state index contributed by atoms with van der Waals surface area (Å²) in [6, 6.07) is 8.09. The van der Waals surface area contributed by atoms with Crippen LogP contribution in [0.15, 0.2) is 41.6 Å². The molecule has 0 saturated heterocycles. The van der Waals surface area contributed by atoms with Crippen LogP contribution in [0, 0.1) is 0 Å². The van der Waals surface area contributed by atoms with E-state index < -0.39 is 0 Å². The molecule has 5 nitrogen and oxygen atoms in total. The lowest BCUT2D eigenvalue weighted by Crippen LogP contribution is -2.49. The minimum atomic E-state index is -0.00937. The van der Waals surface area contributed by atoms with Crippen molar-refractivity contribution >= 4 is 11.8 Å². The summed E-state index contributed by atoms with van der Waals surface area (Å²) in [6.07, 6.45) is 11.4. The largest absolute Gasteiger partial charge is 0.504 e. The molecule has 0 spiro atoms. The molecule has 1 aliphatic carbocycles. The van der Waals surface area contributed by atoms with Gasteiger partial charge < -0.3 is 10.2 Å². The van der Waals surface area contributed by atoms with Crippen LogP contribution in [0.3, 0.4) is 0 Å². The maximum absolute atomic E-state index is 10.2. The number of hydrogen-bond donors (Lipinski definition) is 3. The van der Waals surface area contributed by atoms with E-state index in [0.717, 1.165) is 49.2 Å². The number of fused-ring (bicyclic) bond motifs is 1. The number of unbranched alkanes of at least 4 members (excludes halogenated alkanes) is 3. The van der Waals surface area contributed by atoms with E-state index in [1.54, 1.807) is 6.07 Å². The van der Waals surface area contributed by atoms with Gasteiger partial charge in [-0.1, -0.05) is 32.3 Å². The number of aromatic hydroxyl groups is 2. The van der Waals surface area contributed by atoms with Gasteiger partial charge in [0.05, 0.1) is 0 Å². The second-order valence-electron chi connectivity index (χ2n) is 7.66. The van der Waals surface area contributed by atoms with Gasteiger partial charge in [0.1, 0.15) is 0 Å². The predicted octanol–water partition coefficient (Wildman–Crippen LogP) is 4.53. The highest BCUT2D eigenvalue weighted by Gasteiger charge is 2.26. The number of hydrogen-bond acceptors (Lipinski definition) is 6. The molecular formula is C23H33N3O2S. The van der Waals surface area contributed by atoms with E-state index >= 15 is 0 Å². The number of phenols is 2. The van der Waals surface area contributed by atoms with E-state index in [9.17, 15) is 10.2 Å². The molecule has 2 aromatic rings. The van der Waals surface area contributed by atoms with Gasteiger partial charge in [-0.3, -0.25) is 10.4 Å². The Labute approximate surface area is 178 Å². The molecule has 3 rings (SSSR count). The van der Waals surface area contributed by atoms with Crippen LogP contribution in [0.1, 0.15) is 50.2 Å². The lowest BCUT2D eigenvalue weighted by Gasteiger charge is -2.36. The lowest BCUT2D eigenvalue weighted by molar-refractivity contribution is 0.112. The van der Waals surface area contributed by atoms with Gasteiger partial charge in [-0.25, -0.2) is 5.01 Å². The molecular weight excluding hydrogens is 382 g/mol. The first-order valence-corrected chi connectivity index (χ1v) is 11.7. The summed E-state index contributed by atoms with van der Waals surface area (Å²) >= 11 is 1.84. The number of nitrogens with one attached hydrogen (secondary N) is 1. The number of rotatable bonds is 11. The first kappa shape index (κ1) is 21.9. The van der Waals surface area contributed by atoms with Crippen LogP contribution in [0.5, 0.6) is 11.5 Å². The molecule has 3 N–H and O–H groups in total. The van der Waals surface area contributed by atoms with Crippen LogP contribution < -0.4 is 5.43 Å². The molecule has 1 aliphatic rings. The molecule has 1 heterocycles. The fourth-order valence-electron chi connectivity index (χ4n) is 3.96. The molecule has 6 heteroatoms. The summed E-state index contributed by atoms with van der Waals surface area (Å²) in [6.45, 7) is 4.21. The zero-order valence-corrected chi connectivity index (χ0v) is 18.1. The number of phenolic OH excluding ortho intramolecular Hbond substituents is 2. The molecule has 0 bridgehead atoms. The van der Waals surface area contributed by atoms with Crippen LogP contribution >= 0.6 is 11.8 Å². The molecule has 0 saturated carbocycles. The fourth-order valence-corrected chi connectivity index (χ4v) is 4.70. The molecule has 0 aliphatic heterocycles. The second kappa shape index (κ2) is 11.4. The maximum atomic E-state index is 10.2. The third kappa shape index (κ3) is 6.36. The highest BCUT2D eigenvalue weighted by Crippen LogP contribution is 2.36. The standard InChI is InChI=1S/C23H33N3O2S/c1-2-3-4-5-15-26(25-14-16-29-20-10-12-24-13-11-20)19-7-8-21-18(17-19)6-9-22(27)23(21)28/h6,9-13,19,25,27-28H,2-5,7-8,14-17H2,1H3. The summed E-state index contributed by atoms with van der Waals surface area (Å²) < 4.78 is 0. The zero-order valence-electron chi connectivity index (χ0n) is 17.3. The van der Waals surface area contributed by atoms with E-state index in [0.29, 0.717) is 6.04 Å². The number of aromatic nitrogens is 1. The normalized spacial score (nSPS) is 16.1. The number of pyridine rings is 1. The zero-order chi connectivity index (χ0) is 20.5. The van der Waals surface area contributed by atoms with Crippen LogP contribution in [-0.2, 0) is 12.8 Å². The van der Waals surface area contributed by atoms with Crippen molar-refractivity contribution in [2.75, 3.05) is 18.8 Å². The Kier molecular flexibility index (Phi) is 8.65. The third-order valence-corrected chi connectivity index (χ3v) is 6.58. The van der Waals surface area contributed by atoms with E-state index in [2.05, 4.69) is 22.3 Å². The first-order valence-electron chi connectivity index (χ1n) is 10.7. The summed E-state index contributed by atoms with van der Waals surface area (Å²) in [5, 5.41) is 22.4. The van der Waals surface area contributed by atoms with Crippen LogP contribution in [0.25, 0.3) is 0 Å². The molecule has 0 radical (unpaired) electrons. The van der Waals surface area contributed by atoms with Crippen LogP contribution in [0.2, 0.25) is 0 Å². The number of hydrazine groups is 1. The highest BCUT2D eigenvalue weighted by molar-refractivity contribution is 7.99. The van der Waals surface area contributed by atoms with Gasteiger partial charge >= 0.3 is 0 Å². The quantitative estimate of drug-likeness (QED) is 0.217. The van der Waals surface area contributed by atoms with Crippen molar-refractivity contribution in [2.24, 2.45) is 0 Å². The van der Waals surface area contributed by atoms with Crippen LogP contribution in [-0.4, -0.2) is 45.1 Å². The minimum absolute atomic E-state index is 0.00937. The van der Waals surface area contributed by atoms with E-state index in [1.807, 2.05) is 42.4 Å². The first-order chi connectivity index (χ1) is 14.2. The topological polar surface area (TPSA) is 68.6 Å².